The summed E-state index contributed by atoms with van der Waals surface area (Å²) in [7, 11) is 0. The Balaban J connectivity index is 0. The highest BCUT2D eigenvalue weighted by molar-refractivity contribution is 5.71. The van der Waals surface area contributed by atoms with Crippen LogP contribution in [0.3, 0.4) is 0 Å². The van der Waals surface area contributed by atoms with Gasteiger partial charge in [0.2, 0.25) is 0 Å². The lowest BCUT2D eigenvalue weighted by Gasteiger charge is -2.05. The van der Waals surface area contributed by atoms with Crippen molar-refractivity contribution in [3.8, 4) is 0 Å². The molecule has 0 rings (SSSR count). The molecule has 1 atom stereocenters. The van der Waals surface area contributed by atoms with E-state index >= 15 is 0 Å². The van der Waals surface area contributed by atoms with Crippen LogP contribution in [0.25, 0.3) is 0 Å². The minimum atomic E-state index is -1.16. The summed E-state index contributed by atoms with van der Waals surface area (Å²) in [6, 6.07) is 0. The third-order valence-corrected chi connectivity index (χ3v) is 4.25. The lowest BCUT2D eigenvalue weighted by Crippen LogP contribution is -2.18. The van der Waals surface area contributed by atoms with Crippen molar-refractivity contribution in [1.82, 2.24) is 0 Å². The molecule has 0 aliphatic rings. The Morgan fingerprint density at radius 2 is 1.12 bits per heavy atom. The van der Waals surface area contributed by atoms with E-state index in [-0.39, 0.29) is 6.61 Å². The van der Waals surface area contributed by atoms with Gasteiger partial charge >= 0.3 is 5.97 Å². The molecule has 0 heterocycles. The molecule has 0 amide bonds. The molecule has 0 saturated heterocycles. The zero-order valence-electron chi connectivity index (χ0n) is 16.4. The molecule has 0 aromatic rings. The van der Waals surface area contributed by atoms with Gasteiger partial charge in [0.1, 0.15) is 0 Å². The highest BCUT2D eigenvalue weighted by Gasteiger charge is 2.11. The summed E-state index contributed by atoms with van der Waals surface area (Å²) in [4.78, 5) is 10.4. The molecule has 0 radical (unpaired) electrons. The first-order valence-electron chi connectivity index (χ1n) is 10.3. The molecule has 5 nitrogen and oxygen atoms in total. The van der Waals surface area contributed by atoms with Gasteiger partial charge in [-0.2, -0.15) is 0 Å². The first-order valence-corrected chi connectivity index (χ1v) is 10.3. The van der Waals surface area contributed by atoms with Gasteiger partial charge in [-0.1, -0.05) is 96.8 Å². The van der Waals surface area contributed by atoms with E-state index in [1.165, 1.54) is 77.0 Å². The first kappa shape index (κ1) is 26.6. The number of aliphatic carboxylic acids is 1. The molecule has 0 aromatic carbocycles. The smallest absolute Gasteiger partial charge is 0.332 e. The van der Waals surface area contributed by atoms with Gasteiger partial charge in [0, 0.05) is 6.54 Å². The van der Waals surface area contributed by atoms with Crippen LogP contribution in [-0.4, -0.2) is 40.5 Å². The summed E-state index contributed by atoms with van der Waals surface area (Å²) >= 11 is 0. The van der Waals surface area contributed by atoms with Gasteiger partial charge in [0.15, 0.2) is 6.10 Å². The largest absolute Gasteiger partial charge is 0.479 e. The van der Waals surface area contributed by atoms with E-state index in [1.54, 1.807) is 0 Å². The zero-order chi connectivity index (χ0) is 19.2. The monoisotopic (exact) mass is 361 g/mol. The molecule has 0 aliphatic heterocycles. The number of carboxylic acid groups (broad SMARTS) is 1. The number of unbranched alkanes of at least 4 members (excludes halogenated alkanes) is 13. The minimum Gasteiger partial charge on any atom is -0.479 e. The summed E-state index contributed by atoms with van der Waals surface area (Å²) in [6.07, 6.45) is 17.3. The second kappa shape index (κ2) is 23.4. The van der Waals surface area contributed by atoms with Crippen LogP contribution >= 0.6 is 0 Å². The Morgan fingerprint density at radius 1 is 0.800 bits per heavy atom. The van der Waals surface area contributed by atoms with Gasteiger partial charge in [0.25, 0.3) is 0 Å². The molecule has 0 bridgehead atoms. The van der Waals surface area contributed by atoms with Crippen LogP contribution in [0.2, 0.25) is 0 Å². The van der Waals surface area contributed by atoms with Crippen LogP contribution in [0.5, 0.6) is 0 Å². The van der Waals surface area contributed by atoms with Gasteiger partial charge in [-0.05, 0) is 6.42 Å². The quantitative estimate of drug-likeness (QED) is 0.290. The van der Waals surface area contributed by atoms with E-state index in [9.17, 15) is 4.79 Å². The normalized spacial score (nSPS) is 11.7. The van der Waals surface area contributed by atoms with E-state index in [2.05, 4.69) is 6.92 Å². The molecule has 0 aromatic heterocycles. The number of carbonyl (C=O) groups is 1. The second-order valence-electron chi connectivity index (χ2n) is 6.75. The van der Waals surface area contributed by atoms with Crippen molar-refractivity contribution in [1.29, 1.82) is 0 Å². The predicted octanol–water partition coefficient (Wildman–Crippen LogP) is 4.24. The van der Waals surface area contributed by atoms with Crippen molar-refractivity contribution in [3.05, 3.63) is 0 Å². The molecule has 0 fully saturated rings. The summed E-state index contributed by atoms with van der Waals surface area (Å²) in [5.41, 5.74) is 4.78. The van der Waals surface area contributed by atoms with Crippen molar-refractivity contribution in [3.63, 3.8) is 0 Å². The molecular formula is C20H43NO4. The molecule has 0 aliphatic carbocycles. The lowest BCUT2D eigenvalue weighted by molar-refractivity contribution is -0.146. The first-order chi connectivity index (χ1) is 12.1. The molecule has 152 valence electrons. The number of rotatable bonds is 17. The van der Waals surface area contributed by atoms with E-state index in [0.29, 0.717) is 13.0 Å². The fourth-order valence-electron chi connectivity index (χ4n) is 2.66. The predicted molar refractivity (Wildman–Crippen MR) is 105 cm³/mol. The molecular weight excluding hydrogens is 318 g/mol. The number of hydrogen-bond acceptors (Lipinski definition) is 4. The van der Waals surface area contributed by atoms with Crippen molar-refractivity contribution in [2.45, 2.75) is 109 Å². The molecule has 25 heavy (non-hydrogen) atoms. The Bertz CT molecular complexity index is 260. The van der Waals surface area contributed by atoms with Crippen LogP contribution < -0.4 is 5.73 Å². The van der Waals surface area contributed by atoms with E-state index in [1.807, 2.05) is 0 Å². The van der Waals surface area contributed by atoms with Crippen molar-refractivity contribution in [2.24, 2.45) is 5.73 Å². The summed E-state index contributed by atoms with van der Waals surface area (Å²) in [5.74, 6) is -1.09. The van der Waals surface area contributed by atoms with Gasteiger partial charge < -0.3 is 21.1 Å². The van der Waals surface area contributed by atoms with Gasteiger partial charge in [-0.25, -0.2) is 4.79 Å². The van der Waals surface area contributed by atoms with Crippen molar-refractivity contribution in [2.75, 3.05) is 13.2 Å². The molecule has 0 saturated carbocycles. The zero-order valence-corrected chi connectivity index (χ0v) is 16.4. The third-order valence-electron chi connectivity index (χ3n) is 4.25. The summed E-state index contributed by atoms with van der Waals surface area (Å²) in [5, 5.41) is 25.4. The van der Waals surface area contributed by atoms with Crippen LogP contribution in [0, 0.1) is 0 Å². The van der Waals surface area contributed by atoms with E-state index in [0.717, 1.165) is 12.8 Å². The maximum absolute atomic E-state index is 10.4. The molecule has 1 unspecified atom stereocenters. The summed E-state index contributed by atoms with van der Waals surface area (Å²) in [6.45, 7) is 2.73. The lowest BCUT2D eigenvalue weighted by atomic mass is 10.0. The maximum atomic E-state index is 10.4. The Hall–Kier alpha value is -0.650. The average molecular weight is 362 g/mol. The SMILES string of the molecule is CCCCCCCCCCCCCCCCC(O)C(=O)O.NCCO. The highest BCUT2D eigenvalue weighted by Crippen LogP contribution is 2.13. The van der Waals surface area contributed by atoms with Gasteiger partial charge in [-0.3, -0.25) is 0 Å². The van der Waals surface area contributed by atoms with E-state index in [4.69, 9.17) is 21.1 Å². The summed E-state index contributed by atoms with van der Waals surface area (Å²) < 4.78 is 0. The number of aliphatic hydroxyl groups excluding tert-OH is 2. The Labute approximate surface area is 155 Å². The van der Waals surface area contributed by atoms with Crippen molar-refractivity contribution < 1.29 is 20.1 Å². The highest BCUT2D eigenvalue weighted by atomic mass is 16.4. The van der Waals surface area contributed by atoms with Crippen LogP contribution in [0.4, 0.5) is 0 Å². The van der Waals surface area contributed by atoms with Gasteiger partial charge in [0.05, 0.1) is 6.61 Å². The van der Waals surface area contributed by atoms with Gasteiger partial charge in [-0.15, -0.1) is 0 Å². The van der Waals surface area contributed by atoms with E-state index < -0.39 is 12.1 Å². The average Bonchev–Trinajstić information content (AvgIpc) is 2.61. The fraction of sp³-hybridized carbons (Fsp3) is 0.950. The minimum absolute atomic E-state index is 0.0972. The molecule has 5 heteroatoms. The van der Waals surface area contributed by atoms with Crippen LogP contribution in [0.1, 0.15) is 103 Å². The fourth-order valence-corrected chi connectivity index (χ4v) is 2.66. The number of carboxylic acids is 1. The number of hydrogen-bond donors (Lipinski definition) is 4. The Morgan fingerprint density at radius 3 is 1.40 bits per heavy atom. The second-order valence-corrected chi connectivity index (χ2v) is 6.75. The molecule has 0 spiro atoms. The molecule has 5 N–H and O–H groups in total. The van der Waals surface area contributed by atoms with Crippen molar-refractivity contribution >= 4 is 5.97 Å². The topological polar surface area (TPSA) is 104 Å². The van der Waals surface area contributed by atoms with Crippen LogP contribution in [0.15, 0.2) is 0 Å². The Kier molecular flexibility index (Phi) is 24.8. The standard InChI is InChI=1S/C18H36O3.C2H7NO/c1-2-3-4-5-6-7-8-9-10-11-12-13-14-15-16-17(19)18(20)21;3-1-2-4/h17,19H,2-16H2,1H3,(H,20,21);4H,1-3H2. The third kappa shape index (κ3) is 25.7. The van der Waals surface area contributed by atoms with Crippen LogP contribution in [-0.2, 0) is 4.79 Å². The maximum Gasteiger partial charge on any atom is 0.332 e. The number of nitrogens with two attached hydrogens (primary N) is 1. The number of aliphatic hydroxyl groups is 2.